The Kier molecular flexibility index (Phi) is 6.49. The zero-order valence-corrected chi connectivity index (χ0v) is 15.7. The third-order valence-electron chi connectivity index (χ3n) is 4.74. The molecule has 0 spiro atoms. The Morgan fingerprint density at radius 3 is 2.39 bits per heavy atom. The van der Waals surface area contributed by atoms with Crippen molar-refractivity contribution in [2.75, 3.05) is 46.4 Å². The van der Waals surface area contributed by atoms with Gasteiger partial charge in [0.1, 0.15) is 5.75 Å². The fourth-order valence-electron chi connectivity index (χ4n) is 3.10. The second kappa shape index (κ2) is 8.16. The Bertz CT molecular complexity index is 485. The number of benzene rings is 1. The van der Waals surface area contributed by atoms with E-state index < -0.39 is 0 Å². The van der Waals surface area contributed by atoms with Crippen LogP contribution in [0.5, 0.6) is 5.75 Å². The zero-order valence-electron chi connectivity index (χ0n) is 15.7. The number of aryl methyl sites for hydroxylation is 1. The molecule has 1 fully saturated rings. The highest BCUT2D eigenvalue weighted by Gasteiger charge is 2.17. The molecule has 1 aliphatic heterocycles. The Hall–Kier alpha value is -1.06. The lowest BCUT2D eigenvalue weighted by Crippen LogP contribution is -2.44. The minimum Gasteiger partial charge on any atom is -0.494 e. The first kappa shape index (κ1) is 18.3. The Morgan fingerprint density at radius 1 is 1.09 bits per heavy atom. The van der Waals surface area contributed by atoms with Gasteiger partial charge in [0, 0.05) is 26.2 Å². The molecule has 2 rings (SSSR count). The summed E-state index contributed by atoms with van der Waals surface area (Å²) in [4.78, 5) is 5.00. The third-order valence-corrected chi connectivity index (χ3v) is 4.74. The lowest BCUT2D eigenvalue weighted by Gasteiger charge is -2.32. The molecule has 0 unspecified atom stereocenters. The van der Waals surface area contributed by atoms with Crippen LogP contribution in [0.25, 0.3) is 0 Å². The van der Waals surface area contributed by atoms with Crippen molar-refractivity contribution in [2.45, 2.75) is 46.0 Å². The highest BCUT2D eigenvalue weighted by atomic mass is 16.5. The van der Waals surface area contributed by atoms with Crippen LogP contribution in [-0.4, -0.2) is 56.2 Å². The van der Waals surface area contributed by atoms with Crippen LogP contribution in [-0.2, 0) is 11.8 Å². The molecule has 23 heavy (non-hydrogen) atoms. The van der Waals surface area contributed by atoms with Gasteiger partial charge < -0.3 is 14.5 Å². The molecule has 1 aromatic rings. The molecule has 1 aliphatic rings. The summed E-state index contributed by atoms with van der Waals surface area (Å²) >= 11 is 0. The van der Waals surface area contributed by atoms with Gasteiger partial charge in [0.15, 0.2) is 0 Å². The van der Waals surface area contributed by atoms with E-state index in [-0.39, 0.29) is 5.41 Å². The van der Waals surface area contributed by atoms with Gasteiger partial charge in [0.25, 0.3) is 0 Å². The third kappa shape index (κ3) is 5.50. The van der Waals surface area contributed by atoms with E-state index in [0.717, 1.165) is 18.8 Å². The van der Waals surface area contributed by atoms with Crippen LogP contribution >= 0.6 is 0 Å². The lowest BCUT2D eigenvalue weighted by molar-refractivity contribution is 0.153. The second-order valence-electron chi connectivity index (χ2n) is 7.75. The maximum Gasteiger partial charge on any atom is 0.122 e. The molecule has 3 nitrogen and oxygen atoms in total. The highest BCUT2D eigenvalue weighted by molar-refractivity contribution is 5.39. The van der Waals surface area contributed by atoms with Crippen molar-refractivity contribution in [1.29, 1.82) is 0 Å². The Balaban J connectivity index is 1.96. The monoisotopic (exact) mass is 318 g/mol. The molecule has 0 bridgehead atoms. The lowest BCUT2D eigenvalue weighted by atomic mass is 9.85. The topological polar surface area (TPSA) is 15.7 Å². The Labute approximate surface area is 142 Å². The normalized spacial score (nSPS) is 17.4. The summed E-state index contributed by atoms with van der Waals surface area (Å²) in [5.74, 6) is 1.07. The average Bonchev–Trinajstić information content (AvgIpc) is 2.50. The number of likely N-dealkylation sites (N-methyl/N-ethyl adjacent to an activating group) is 1. The number of piperazine rings is 1. The molecule has 3 heteroatoms. The first-order valence-electron chi connectivity index (χ1n) is 9.07. The zero-order chi connectivity index (χ0) is 16.9. The van der Waals surface area contributed by atoms with Gasteiger partial charge in [-0.2, -0.15) is 0 Å². The van der Waals surface area contributed by atoms with Crippen molar-refractivity contribution in [3.8, 4) is 5.75 Å². The van der Waals surface area contributed by atoms with Gasteiger partial charge in [0.05, 0.1) is 6.61 Å². The van der Waals surface area contributed by atoms with Crippen molar-refractivity contribution in [2.24, 2.45) is 0 Å². The van der Waals surface area contributed by atoms with E-state index >= 15 is 0 Å². The fourth-order valence-corrected chi connectivity index (χ4v) is 3.10. The van der Waals surface area contributed by atoms with Gasteiger partial charge in [-0.05, 0) is 56.0 Å². The Morgan fingerprint density at radius 2 is 1.78 bits per heavy atom. The molecule has 0 N–H and O–H groups in total. The van der Waals surface area contributed by atoms with Gasteiger partial charge in [0.2, 0.25) is 0 Å². The van der Waals surface area contributed by atoms with E-state index in [1.807, 2.05) is 0 Å². The number of hydrogen-bond acceptors (Lipinski definition) is 3. The van der Waals surface area contributed by atoms with E-state index in [2.05, 4.69) is 62.7 Å². The molecule has 1 heterocycles. The van der Waals surface area contributed by atoms with Gasteiger partial charge in [-0.1, -0.05) is 32.9 Å². The molecule has 0 amide bonds. The SMILES string of the molecule is CCOc1ccc(C(C)(C)C)cc1CCCN1CCN(C)CC1. The first-order chi connectivity index (χ1) is 10.9. The standard InChI is InChI=1S/C20H34N2O/c1-6-23-19-10-9-18(20(2,3)4)16-17(19)8-7-11-22-14-12-21(5)13-15-22/h9-10,16H,6-8,11-15H2,1-5H3. The van der Waals surface area contributed by atoms with Crippen molar-refractivity contribution >= 4 is 0 Å². The maximum atomic E-state index is 5.84. The number of nitrogens with zero attached hydrogens (tertiary/aromatic N) is 2. The summed E-state index contributed by atoms with van der Waals surface area (Å²) in [5, 5.41) is 0. The van der Waals surface area contributed by atoms with Crippen LogP contribution < -0.4 is 4.74 Å². The van der Waals surface area contributed by atoms with Crippen LogP contribution in [0.2, 0.25) is 0 Å². The summed E-state index contributed by atoms with van der Waals surface area (Å²) in [6, 6.07) is 6.74. The van der Waals surface area contributed by atoms with Crippen molar-refractivity contribution in [3.05, 3.63) is 29.3 Å². The van der Waals surface area contributed by atoms with E-state index in [9.17, 15) is 0 Å². The minimum atomic E-state index is 0.191. The number of ether oxygens (including phenoxy) is 1. The smallest absolute Gasteiger partial charge is 0.122 e. The van der Waals surface area contributed by atoms with Crippen LogP contribution in [0.3, 0.4) is 0 Å². The molecule has 0 radical (unpaired) electrons. The van der Waals surface area contributed by atoms with Gasteiger partial charge in [-0.25, -0.2) is 0 Å². The molecule has 0 aromatic heterocycles. The van der Waals surface area contributed by atoms with E-state index in [1.165, 1.54) is 50.3 Å². The fraction of sp³-hybridized carbons (Fsp3) is 0.700. The number of rotatable bonds is 6. The second-order valence-corrected chi connectivity index (χ2v) is 7.75. The molecule has 0 atom stereocenters. The molecular weight excluding hydrogens is 284 g/mol. The maximum absolute atomic E-state index is 5.84. The van der Waals surface area contributed by atoms with Crippen molar-refractivity contribution < 1.29 is 4.74 Å². The average molecular weight is 319 g/mol. The summed E-state index contributed by atoms with van der Waals surface area (Å²) in [6.07, 6.45) is 2.31. The summed E-state index contributed by atoms with van der Waals surface area (Å²) in [5.41, 5.74) is 2.96. The number of hydrogen-bond donors (Lipinski definition) is 0. The molecule has 0 aliphatic carbocycles. The van der Waals surface area contributed by atoms with Crippen LogP contribution in [0.1, 0.15) is 45.2 Å². The van der Waals surface area contributed by atoms with Crippen molar-refractivity contribution in [3.63, 3.8) is 0 Å². The molecule has 130 valence electrons. The molecule has 1 saturated heterocycles. The van der Waals surface area contributed by atoms with E-state index in [1.54, 1.807) is 0 Å². The van der Waals surface area contributed by atoms with Crippen LogP contribution in [0.4, 0.5) is 0 Å². The minimum absolute atomic E-state index is 0.191. The van der Waals surface area contributed by atoms with Gasteiger partial charge in [-0.15, -0.1) is 0 Å². The first-order valence-corrected chi connectivity index (χ1v) is 9.07. The quantitative estimate of drug-likeness (QED) is 0.797. The molecular formula is C20H34N2O. The largest absolute Gasteiger partial charge is 0.494 e. The summed E-state index contributed by atoms with van der Waals surface area (Å²) in [7, 11) is 2.21. The van der Waals surface area contributed by atoms with E-state index in [0.29, 0.717) is 0 Å². The van der Waals surface area contributed by atoms with Gasteiger partial charge >= 0.3 is 0 Å². The predicted molar refractivity (Wildman–Crippen MR) is 98.6 cm³/mol. The van der Waals surface area contributed by atoms with Gasteiger partial charge in [-0.3, -0.25) is 0 Å². The van der Waals surface area contributed by atoms with Crippen molar-refractivity contribution in [1.82, 2.24) is 9.80 Å². The predicted octanol–water partition coefficient (Wildman–Crippen LogP) is 3.56. The van der Waals surface area contributed by atoms with Crippen LogP contribution in [0, 0.1) is 0 Å². The van der Waals surface area contributed by atoms with E-state index in [4.69, 9.17) is 4.74 Å². The summed E-state index contributed by atoms with van der Waals surface area (Å²) in [6.45, 7) is 15.6. The highest BCUT2D eigenvalue weighted by Crippen LogP contribution is 2.29. The molecule has 0 saturated carbocycles. The summed E-state index contributed by atoms with van der Waals surface area (Å²) < 4.78 is 5.84. The molecule has 1 aromatic carbocycles. The van der Waals surface area contributed by atoms with Crippen LogP contribution in [0.15, 0.2) is 18.2 Å².